The molecule has 0 bridgehead atoms. The van der Waals surface area contributed by atoms with Gasteiger partial charge in [-0.1, -0.05) is 0 Å². The molecule has 1 aromatic rings. The molecule has 0 aromatic heterocycles. The summed E-state index contributed by atoms with van der Waals surface area (Å²) < 4.78 is 0. The second-order valence-electron chi connectivity index (χ2n) is 4.99. The van der Waals surface area contributed by atoms with Gasteiger partial charge in [0.25, 0.3) is 0 Å². The molecule has 0 radical (unpaired) electrons. The SMILES string of the molecule is CN(C)c1ccc2c(c1)NCC(C)(C)N2. The number of nitrogens with one attached hydrogen (secondary N) is 2. The Morgan fingerprint density at radius 3 is 2.60 bits per heavy atom. The summed E-state index contributed by atoms with van der Waals surface area (Å²) in [5.41, 5.74) is 3.74. The van der Waals surface area contributed by atoms with Crippen LogP contribution in [0.2, 0.25) is 0 Å². The van der Waals surface area contributed by atoms with Crippen LogP contribution in [-0.4, -0.2) is 26.2 Å². The molecule has 0 amide bonds. The van der Waals surface area contributed by atoms with Crippen LogP contribution in [-0.2, 0) is 0 Å². The average molecular weight is 205 g/mol. The first kappa shape index (κ1) is 10.1. The molecular formula is C12H19N3. The molecule has 82 valence electrons. The van der Waals surface area contributed by atoms with E-state index in [1.807, 2.05) is 0 Å². The number of hydrogen-bond acceptors (Lipinski definition) is 3. The van der Waals surface area contributed by atoms with Crippen molar-refractivity contribution >= 4 is 17.1 Å². The third-order valence-corrected chi connectivity index (χ3v) is 2.71. The highest BCUT2D eigenvalue weighted by Gasteiger charge is 2.23. The number of anilines is 3. The number of benzene rings is 1. The van der Waals surface area contributed by atoms with Crippen molar-refractivity contribution < 1.29 is 0 Å². The second kappa shape index (κ2) is 3.33. The van der Waals surface area contributed by atoms with E-state index < -0.39 is 0 Å². The fourth-order valence-electron chi connectivity index (χ4n) is 1.79. The zero-order valence-corrected chi connectivity index (χ0v) is 9.89. The maximum Gasteiger partial charge on any atom is 0.0597 e. The van der Waals surface area contributed by atoms with Gasteiger partial charge >= 0.3 is 0 Å². The molecule has 0 fully saturated rings. The van der Waals surface area contributed by atoms with Gasteiger partial charge in [-0.25, -0.2) is 0 Å². The van der Waals surface area contributed by atoms with Crippen LogP contribution in [0.4, 0.5) is 17.1 Å². The minimum atomic E-state index is 0.132. The average Bonchev–Trinajstić information content (AvgIpc) is 2.15. The standard InChI is InChI=1S/C12H19N3/c1-12(2)8-13-11-7-9(15(3)4)5-6-10(11)14-12/h5-7,13-14H,8H2,1-4H3. The lowest BCUT2D eigenvalue weighted by atomic mass is 10.0. The first-order valence-electron chi connectivity index (χ1n) is 5.31. The molecule has 15 heavy (non-hydrogen) atoms. The number of rotatable bonds is 1. The lowest BCUT2D eigenvalue weighted by Crippen LogP contribution is -2.42. The Morgan fingerprint density at radius 1 is 1.20 bits per heavy atom. The first-order valence-corrected chi connectivity index (χ1v) is 5.31. The molecule has 0 spiro atoms. The van der Waals surface area contributed by atoms with Gasteiger partial charge in [-0.3, -0.25) is 0 Å². The highest BCUT2D eigenvalue weighted by atomic mass is 15.1. The van der Waals surface area contributed by atoms with E-state index >= 15 is 0 Å². The van der Waals surface area contributed by atoms with Crippen molar-refractivity contribution in [3.8, 4) is 0 Å². The molecule has 1 heterocycles. The van der Waals surface area contributed by atoms with Gasteiger partial charge < -0.3 is 15.5 Å². The molecule has 0 unspecified atom stereocenters. The Morgan fingerprint density at radius 2 is 1.93 bits per heavy atom. The summed E-state index contributed by atoms with van der Waals surface area (Å²) in [5.74, 6) is 0. The van der Waals surface area contributed by atoms with E-state index in [4.69, 9.17) is 0 Å². The minimum Gasteiger partial charge on any atom is -0.381 e. The lowest BCUT2D eigenvalue weighted by Gasteiger charge is -2.35. The maximum absolute atomic E-state index is 3.52. The highest BCUT2D eigenvalue weighted by Crippen LogP contribution is 2.32. The van der Waals surface area contributed by atoms with E-state index in [1.165, 1.54) is 17.1 Å². The van der Waals surface area contributed by atoms with Gasteiger partial charge in [0.2, 0.25) is 0 Å². The molecule has 2 rings (SSSR count). The molecule has 1 aromatic carbocycles. The van der Waals surface area contributed by atoms with Crippen molar-refractivity contribution in [2.45, 2.75) is 19.4 Å². The predicted molar refractivity (Wildman–Crippen MR) is 67.0 cm³/mol. The molecule has 2 N–H and O–H groups in total. The largest absolute Gasteiger partial charge is 0.381 e. The van der Waals surface area contributed by atoms with E-state index in [2.05, 4.69) is 61.7 Å². The number of fused-ring (bicyclic) bond motifs is 1. The Balaban J connectivity index is 2.32. The Kier molecular flexibility index (Phi) is 2.25. The normalized spacial score (nSPS) is 17.3. The van der Waals surface area contributed by atoms with Crippen molar-refractivity contribution in [3.05, 3.63) is 18.2 Å². The van der Waals surface area contributed by atoms with Crippen molar-refractivity contribution in [1.82, 2.24) is 0 Å². The van der Waals surface area contributed by atoms with E-state index in [9.17, 15) is 0 Å². The van der Waals surface area contributed by atoms with Crippen molar-refractivity contribution in [3.63, 3.8) is 0 Å². The van der Waals surface area contributed by atoms with Crippen LogP contribution < -0.4 is 15.5 Å². The molecule has 1 aliphatic rings. The van der Waals surface area contributed by atoms with Gasteiger partial charge in [-0.15, -0.1) is 0 Å². The van der Waals surface area contributed by atoms with Crippen LogP contribution >= 0.6 is 0 Å². The molecular weight excluding hydrogens is 186 g/mol. The van der Waals surface area contributed by atoms with E-state index in [-0.39, 0.29) is 5.54 Å². The first-order chi connectivity index (χ1) is 6.98. The van der Waals surface area contributed by atoms with Crippen LogP contribution in [0.1, 0.15) is 13.8 Å². The van der Waals surface area contributed by atoms with Gasteiger partial charge in [0.15, 0.2) is 0 Å². The monoisotopic (exact) mass is 205 g/mol. The molecule has 0 saturated heterocycles. The Bertz CT molecular complexity index is 369. The third kappa shape index (κ3) is 2.01. The zero-order chi connectivity index (χ0) is 11.1. The maximum atomic E-state index is 3.52. The quantitative estimate of drug-likeness (QED) is 0.737. The number of nitrogens with zero attached hydrogens (tertiary/aromatic N) is 1. The Hall–Kier alpha value is -1.38. The summed E-state index contributed by atoms with van der Waals surface area (Å²) in [7, 11) is 4.11. The smallest absolute Gasteiger partial charge is 0.0597 e. The van der Waals surface area contributed by atoms with Gasteiger partial charge in [0.05, 0.1) is 11.4 Å². The zero-order valence-electron chi connectivity index (χ0n) is 9.89. The fourth-order valence-corrected chi connectivity index (χ4v) is 1.79. The molecule has 0 aliphatic carbocycles. The van der Waals surface area contributed by atoms with Crippen molar-refractivity contribution in [1.29, 1.82) is 0 Å². The van der Waals surface area contributed by atoms with Crippen LogP contribution in [0.3, 0.4) is 0 Å². The summed E-state index contributed by atoms with van der Waals surface area (Å²) >= 11 is 0. The van der Waals surface area contributed by atoms with Crippen LogP contribution in [0.5, 0.6) is 0 Å². The topological polar surface area (TPSA) is 27.3 Å². The van der Waals surface area contributed by atoms with Gasteiger partial charge in [0.1, 0.15) is 0 Å². The predicted octanol–water partition coefficient (Wildman–Crippen LogP) is 2.37. The van der Waals surface area contributed by atoms with Gasteiger partial charge in [0, 0.05) is 31.9 Å². The second-order valence-corrected chi connectivity index (χ2v) is 4.99. The molecule has 0 atom stereocenters. The molecule has 1 aliphatic heterocycles. The summed E-state index contributed by atoms with van der Waals surface area (Å²) in [6, 6.07) is 6.45. The van der Waals surface area contributed by atoms with E-state index in [0.717, 1.165) is 6.54 Å². The number of hydrogen-bond donors (Lipinski definition) is 2. The highest BCUT2D eigenvalue weighted by molar-refractivity contribution is 5.76. The van der Waals surface area contributed by atoms with Gasteiger partial charge in [-0.2, -0.15) is 0 Å². The summed E-state index contributed by atoms with van der Waals surface area (Å²) in [6.45, 7) is 5.35. The minimum absolute atomic E-state index is 0.132. The summed E-state index contributed by atoms with van der Waals surface area (Å²) in [6.07, 6.45) is 0. The summed E-state index contributed by atoms with van der Waals surface area (Å²) in [5, 5.41) is 6.98. The van der Waals surface area contributed by atoms with Crippen LogP contribution in [0.15, 0.2) is 18.2 Å². The fraction of sp³-hybridized carbons (Fsp3) is 0.500. The van der Waals surface area contributed by atoms with Crippen molar-refractivity contribution in [2.24, 2.45) is 0 Å². The lowest BCUT2D eigenvalue weighted by molar-refractivity contribution is 0.589. The van der Waals surface area contributed by atoms with E-state index in [0.29, 0.717) is 0 Å². The van der Waals surface area contributed by atoms with E-state index in [1.54, 1.807) is 0 Å². The third-order valence-electron chi connectivity index (χ3n) is 2.71. The van der Waals surface area contributed by atoms with Gasteiger partial charge in [-0.05, 0) is 32.0 Å². The van der Waals surface area contributed by atoms with Crippen LogP contribution in [0, 0.1) is 0 Å². The molecule has 3 heteroatoms. The molecule has 0 saturated carbocycles. The Labute approximate surface area is 91.5 Å². The van der Waals surface area contributed by atoms with Crippen molar-refractivity contribution in [2.75, 3.05) is 36.2 Å². The molecule has 3 nitrogen and oxygen atoms in total. The summed E-state index contributed by atoms with van der Waals surface area (Å²) in [4.78, 5) is 2.11. The van der Waals surface area contributed by atoms with Crippen LogP contribution in [0.25, 0.3) is 0 Å².